The number of anilines is 1. The van der Waals surface area contributed by atoms with Gasteiger partial charge in [-0.3, -0.25) is 19.7 Å². The first kappa shape index (κ1) is 115. The number of esters is 7. The number of piperidine rings is 7. The quantitative estimate of drug-likeness (QED) is 0.0105. The molecular formula is C112H167N9O18. The maximum Gasteiger partial charge on any atom is 0.340 e. The number of hydrogen-bond acceptors (Lipinski definition) is 26. The van der Waals surface area contributed by atoms with Crippen molar-refractivity contribution in [3.05, 3.63) is 206 Å². The van der Waals surface area contributed by atoms with Crippen LogP contribution in [0.15, 0.2) is 152 Å². The lowest BCUT2D eigenvalue weighted by Gasteiger charge is -2.40. The highest BCUT2D eigenvalue weighted by Crippen LogP contribution is 2.42. The second kappa shape index (κ2) is 55.1. The Labute approximate surface area is 828 Å². The van der Waals surface area contributed by atoms with Crippen LogP contribution in [0.2, 0.25) is 0 Å². The van der Waals surface area contributed by atoms with Crippen LogP contribution in [0, 0.1) is 70.8 Å². The Balaban J connectivity index is 0.000000199. The van der Waals surface area contributed by atoms with E-state index >= 15 is 0 Å². The van der Waals surface area contributed by atoms with Crippen molar-refractivity contribution in [1.82, 2.24) is 37.2 Å². The zero-order valence-corrected chi connectivity index (χ0v) is 86.9. The van der Waals surface area contributed by atoms with Crippen molar-refractivity contribution < 1.29 is 81.5 Å². The maximum absolute atomic E-state index is 12.5. The van der Waals surface area contributed by atoms with Crippen LogP contribution in [0.25, 0.3) is 0 Å². The molecule has 27 heteroatoms. The Morgan fingerprint density at radius 1 is 0.396 bits per heavy atom. The number of hydrogen-bond donors (Lipinski definition) is 9. The average Bonchev–Trinajstić information content (AvgIpc) is 0.809. The van der Waals surface area contributed by atoms with Crippen molar-refractivity contribution in [3.63, 3.8) is 0 Å². The smallest absolute Gasteiger partial charge is 0.340 e. The van der Waals surface area contributed by atoms with Crippen LogP contribution in [-0.2, 0) is 54.0 Å². The summed E-state index contributed by atoms with van der Waals surface area (Å²) >= 11 is 0. The van der Waals surface area contributed by atoms with Gasteiger partial charge in [0.1, 0.15) is 45.0 Å². The first-order valence-corrected chi connectivity index (χ1v) is 51.0. The number of nitrogens with one attached hydrogen (secondary N) is 8. The van der Waals surface area contributed by atoms with Crippen molar-refractivity contribution in [2.24, 2.45) is 46.8 Å². The van der Waals surface area contributed by atoms with Crippen LogP contribution in [0.5, 0.6) is 5.75 Å². The first-order chi connectivity index (χ1) is 65.9. The summed E-state index contributed by atoms with van der Waals surface area (Å²) in [7, 11) is 3.44. The molecule has 7 aliphatic heterocycles. The number of aliphatic hydroxyl groups excluding tert-OH is 1. The zero-order chi connectivity index (χ0) is 102. The van der Waals surface area contributed by atoms with Crippen LogP contribution >= 0.6 is 0 Å². The first-order valence-electron chi connectivity index (χ1n) is 51.0. The number of methoxy groups -OCH3 is 1. The van der Waals surface area contributed by atoms with Crippen molar-refractivity contribution in [3.8, 4) is 5.75 Å². The molecule has 1 unspecified atom stereocenters. The van der Waals surface area contributed by atoms with Gasteiger partial charge in [-0.2, -0.15) is 0 Å². The molecule has 0 amide bonds. The molecule has 1 atom stereocenters. The molecule has 1 aliphatic carbocycles. The number of aryl methyl sites for hydroxylation is 2. The summed E-state index contributed by atoms with van der Waals surface area (Å²) in [6, 6.07) is 45.0. The molecule has 9 N–H and O–H groups in total. The minimum Gasteiger partial charge on any atom is -0.496 e. The summed E-state index contributed by atoms with van der Waals surface area (Å²) in [6.07, 6.45) is 19.3. The van der Waals surface area contributed by atoms with Gasteiger partial charge in [0.15, 0.2) is 6.10 Å². The zero-order valence-electron chi connectivity index (χ0n) is 86.9. The van der Waals surface area contributed by atoms with E-state index in [1.165, 1.54) is 37.5 Å². The minimum absolute atomic E-state index is 0.00849. The SMILES string of the molecule is CC(C)(OC(=O)C(O)c1ccccc1)C1CCNCC1.CC(C)(OC(=O)Cc1ccccc1)C1CCNCC1.CC(C)(OC(=O)c1ccccc1)C1CCNCC1.CC1(C(=O)OC(C)(C)C2CCNCC2)CCCCC1.CNc1ccccc1C(=O)OC(C)(C)C1CCNCC1.COc1ccc(C(=O)OC(C)(C)C2CCNCC2)cc1C.Cc1cc(C(=O)OC(C)(C)C2CCNCC2)ccc1[N+](=O)[O-]. The summed E-state index contributed by atoms with van der Waals surface area (Å²) in [6.45, 7) is 47.6. The Morgan fingerprint density at radius 2 is 0.712 bits per heavy atom. The summed E-state index contributed by atoms with van der Waals surface area (Å²) in [5, 5.41) is 47.2. The van der Waals surface area contributed by atoms with E-state index in [9.17, 15) is 48.8 Å². The predicted molar refractivity (Wildman–Crippen MR) is 548 cm³/mol. The number of carbonyl (C=O) groups is 7. The summed E-state index contributed by atoms with van der Waals surface area (Å²) in [4.78, 5) is 96.2. The predicted octanol–water partition coefficient (Wildman–Crippen LogP) is 18.9. The molecule has 0 spiro atoms. The molecular weight excluding hydrogens is 1760 g/mol. The number of para-hydroxylation sites is 1. The fourth-order valence-electron chi connectivity index (χ4n) is 19.9. The molecule has 6 aromatic carbocycles. The standard InChI is InChI=1S/C17H25NO3.C16H22N2O4.C16H24N2O2.C16H23NO3.C16H29NO2.C16H23NO2.C15H21NO2/c1-12-11-13(5-6-15(12)20-4)16(19)21-17(2,3)14-7-9-18-10-8-14;1-11-10-12(4-5-14(11)18(20)21)15(19)22-16(2,3)13-6-8-17-9-7-13;1-16(2,12-8-10-18-11-9-12)20-15(19)13-6-4-5-7-14(13)17-3;1-16(2,13-8-10-17-11-9-13)20-15(19)14(18)12-6-4-3-5-7-12;1-15(2,13-7-11-17-12-8-13)19-14(18)16(3)9-5-4-6-10-16;1-16(2,14-8-10-17-11-9-14)19-15(18)12-13-6-4-3-5-7-13;1-15(2,13-8-10-16-11-9-13)18-14(17)12-6-4-3-5-7-12/h5-6,11,14,18H,7-10H2,1-4H3;4-5,10,13,17H,6-9H2,1-3H3;4-7,12,17-18H,8-11H2,1-3H3;3-7,13-14,17-18H,8-11H2,1-2H3;13,17H,4-12H2,1-3H3;3-7,14,17H,8-12H2,1-2H3;3-7,13,16H,8-11H2,1-2H3. The van der Waals surface area contributed by atoms with Crippen molar-refractivity contribution in [1.29, 1.82) is 0 Å². The fourth-order valence-corrected chi connectivity index (χ4v) is 19.9. The van der Waals surface area contributed by atoms with Gasteiger partial charge in [-0.05, 0) is 383 Å². The lowest BCUT2D eigenvalue weighted by molar-refractivity contribution is -0.385. The summed E-state index contributed by atoms with van der Waals surface area (Å²) < 4.78 is 45.4. The Bertz CT molecular complexity index is 4760. The van der Waals surface area contributed by atoms with Crippen LogP contribution in [0.1, 0.15) is 296 Å². The number of rotatable bonds is 26. The molecule has 1 saturated carbocycles. The third-order valence-corrected chi connectivity index (χ3v) is 29.4. The van der Waals surface area contributed by atoms with Crippen molar-refractivity contribution >= 4 is 53.2 Å². The van der Waals surface area contributed by atoms with Gasteiger partial charge in [-0.1, -0.05) is 110 Å². The molecule has 6 aromatic rings. The van der Waals surface area contributed by atoms with E-state index in [1.807, 2.05) is 182 Å². The highest BCUT2D eigenvalue weighted by atomic mass is 16.6. The van der Waals surface area contributed by atoms with E-state index in [2.05, 4.69) is 63.3 Å². The molecule has 0 bridgehead atoms. The van der Waals surface area contributed by atoms with Crippen molar-refractivity contribution in [2.75, 3.05) is 111 Å². The monoisotopic (exact) mass is 1930 g/mol. The molecule has 0 radical (unpaired) electrons. The molecule has 14 rings (SSSR count). The van der Waals surface area contributed by atoms with Gasteiger partial charge in [0.25, 0.3) is 5.69 Å². The van der Waals surface area contributed by atoms with Gasteiger partial charge in [0.2, 0.25) is 0 Å². The highest BCUT2D eigenvalue weighted by molar-refractivity contribution is 5.96. The van der Waals surface area contributed by atoms with Crippen molar-refractivity contribution in [2.45, 2.75) is 291 Å². The number of ether oxygens (including phenoxy) is 8. The normalized spacial score (nSPS) is 18.2. The van der Waals surface area contributed by atoms with Gasteiger partial charge in [-0.25, -0.2) is 24.0 Å². The topological polar surface area (TPSA) is 353 Å². The second-order valence-electron chi connectivity index (χ2n) is 42.4. The van der Waals surface area contributed by atoms with Crippen LogP contribution in [0.3, 0.4) is 0 Å². The number of nitro groups is 1. The van der Waals surface area contributed by atoms with Gasteiger partial charge >= 0.3 is 41.8 Å². The van der Waals surface area contributed by atoms with E-state index in [0.29, 0.717) is 81.2 Å². The number of aliphatic hydroxyl groups is 1. The molecule has 0 aromatic heterocycles. The molecule has 139 heavy (non-hydrogen) atoms. The average molecular weight is 1930 g/mol. The van der Waals surface area contributed by atoms with Crippen LogP contribution < -0.4 is 47.3 Å². The van der Waals surface area contributed by atoms with Gasteiger partial charge in [0, 0.05) is 65.8 Å². The van der Waals surface area contributed by atoms with Gasteiger partial charge in [-0.15, -0.1) is 0 Å². The maximum atomic E-state index is 12.5. The number of benzene rings is 6. The second-order valence-corrected chi connectivity index (χ2v) is 42.4. The summed E-state index contributed by atoms with van der Waals surface area (Å²) in [5.41, 5.74) is 2.66. The third-order valence-electron chi connectivity index (χ3n) is 29.4. The van der Waals surface area contributed by atoms with Crippen LogP contribution in [-0.4, -0.2) is 197 Å². The van der Waals surface area contributed by atoms with Gasteiger partial charge in [0.05, 0.1) is 46.1 Å². The Hall–Kier alpha value is -9.71. The fraction of sp³-hybridized carbons (Fsp3) is 0.616. The molecule has 7 heterocycles. The van der Waals surface area contributed by atoms with E-state index in [1.54, 1.807) is 62.6 Å². The van der Waals surface area contributed by atoms with E-state index in [0.717, 1.165) is 217 Å². The lowest BCUT2D eigenvalue weighted by Crippen LogP contribution is -2.45. The molecule has 8 aliphatic rings. The van der Waals surface area contributed by atoms with Gasteiger partial charge < -0.3 is 85.5 Å². The largest absolute Gasteiger partial charge is 0.496 e. The summed E-state index contributed by atoms with van der Waals surface area (Å²) in [5.74, 6) is 1.80. The van der Waals surface area contributed by atoms with Crippen LogP contribution in [0.4, 0.5) is 11.4 Å². The Kier molecular flexibility index (Phi) is 45.4. The molecule has 7 saturated heterocycles. The highest BCUT2D eigenvalue weighted by Gasteiger charge is 2.45. The molecule has 27 nitrogen and oxygen atoms in total. The minimum atomic E-state index is -1.21. The third kappa shape index (κ3) is 36.6. The molecule has 768 valence electrons. The number of carbonyl (C=O) groups excluding carboxylic acids is 7. The number of nitrogens with zero attached hydrogens (tertiary/aromatic N) is 1. The number of nitro benzene ring substituents is 1. The molecule has 8 fully saturated rings. The van der Waals surface area contributed by atoms with E-state index in [-0.39, 0.29) is 52.2 Å². The van der Waals surface area contributed by atoms with E-state index < -0.39 is 51.0 Å². The van der Waals surface area contributed by atoms with E-state index in [4.69, 9.17) is 37.9 Å². The lowest BCUT2D eigenvalue weighted by atomic mass is 9.75. The Morgan fingerprint density at radius 3 is 1.07 bits per heavy atom.